The number of nitrogens with one attached hydrogen (secondary N) is 2. The monoisotopic (exact) mass is 212 g/mol. The Bertz CT molecular complexity index is 525. The van der Waals surface area contributed by atoms with Gasteiger partial charge in [-0.3, -0.25) is 4.55 Å². The molecule has 0 aromatic carbocycles. The van der Waals surface area contributed by atoms with E-state index in [1.54, 1.807) is 24.4 Å². The van der Waals surface area contributed by atoms with Gasteiger partial charge in [0.1, 0.15) is 0 Å². The van der Waals surface area contributed by atoms with Crippen LogP contribution in [0.15, 0.2) is 35.5 Å². The molecule has 0 unspecified atom stereocenters. The highest BCUT2D eigenvalue weighted by molar-refractivity contribution is 7.85. The molecule has 0 bridgehead atoms. The van der Waals surface area contributed by atoms with Gasteiger partial charge in [-0.2, -0.15) is 8.42 Å². The second kappa shape index (κ2) is 3.00. The average Bonchev–Trinajstić information content (AvgIpc) is 2.73. The van der Waals surface area contributed by atoms with Gasteiger partial charge in [-0.15, -0.1) is 0 Å². The summed E-state index contributed by atoms with van der Waals surface area (Å²) in [5.41, 5.74) is 1.38. The van der Waals surface area contributed by atoms with Crippen molar-refractivity contribution in [3.05, 3.63) is 30.5 Å². The maximum atomic E-state index is 10.7. The molecule has 74 valence electrons. The number of aromatic nitrogens is 2. The zero-order valence-corrected chi connectivity index (χ0v) is 7.88. The summed E-state index contributed by atoms with van der Waals surface area (Å²) < 4.78 is 30.2. The van der Waals surface area contributed by atoms with Gasteiger partial charge in [0.15, 0.2) is 5.03 Å². The second-order valence-corrected chi connectivity index (χ2v) is 4.19. The lowest BCUT2D eigenvalue weighted by atomic mass is 10.3. The summed E-state index contributed by atoms with van der Waals surface area (Å²) in [5.74, 6) is 0. The third-order valence-electron chi connectivity index (χ3n) is 1.83. The van der Waals surface area contributed by atoms with Gasteiger partial charge in [-0.1, -0.05) is 0 Å². The molecule has 0 aliphatic carbocycles. The fraction of sp³-hybridized carbons (Fsp3) is 0. The van der Waals surface area contributed by atoms with Crippen molar-refractivity contribution in [2.75, 3.05) is 0 Å². The van der Waals surface area contributed by atoms with Gasteiger partial charge in [0, 0.05) is 6.20 Å². The van der Waals surface area contributed by atoms with Gasteiger partial charge in [0.05, 0.1) is 11.4 Å². The van der Waals surface area contributed by atoms with Crippen molar-refractivity contribution in [2.45, 2.75) is 5.03 Å². The van der Waals surface area contributed by atoms with Crippen molar-refractivity contribution in [3.63, 3.8) is 0 Å². The van der Waals surface area contributed by atoms with Crippen LogP contribution in [-0.2, 0) is 10.1 Å². The molecule has 2 aromatic heterocycles. The lowest BCUT2D eigenvalue weighted by molar-refractivity contribution is 0.480. The Kier molecular flexibility index (Phi) is 1.94. The van der Waals surface area contributed by atoms with Crippen LogP contribution < -0.4 is 0 Å². The van der Waals surface area contributed by atoms with Crippen molar-refractivity contribution >= 4 is 10.1 Å². The normalized spacial score (nSPS) is 11.8. The van der Waals surface area contributed by atoms with Crippen LogP contribution in [-0.4, -0.2) is 22.9 Å². The molecule has 0 aliphatic rings. The van der Waals surface area contributed by atoms with Crippen LogP contribution in [0.3, 0.4) is 0 Å². The molecule has 2 heterocycles. The molecule has 0 fully saturated rings. The zero-order valence-electron chi connectivity index (χ0n) is 7.06. The number of hydrogen-bond donors (Lipinski definition) is 3. The highest BCUT2D eigenvalue weighted by Gasteiger charge is 2.12. The molecular formula is C8H8N2O3S. The number of aromatic amines is 2. The highest BCUT2D eigenvalue weighted by Crippen LogP contribution is 2.18. The SMILES string of the molecule is O=S(=O)(O)c1ccc(-c2ccc[nH]2)[nH]1. The minimum Gasteiger partial charge on any atom is -0.360 e. The van der Waals surface area contributed by atoms with Gasteiger partial charge in [0.25, 0.3) is 0 Å². The smallest absolute Gasteiger partial charge is 0.310 e. The molecule has 2 rings (SSSR count). The predicted octanol–water partition coefficient (Wildman–Crippen LogP) is 1.26. The molecule has 0 aliphatic heterocycles. The number of rotatable bonds is 2. The maximum absolute atomic E-state index is 10.7. The summed E-state index contributed by atoms with van der Waals surface area (Å²) in [6, 6.07) is 6.48. The summed E-state index contributed by atoms with van der Waals surface area (Å²) in [6.07, 6.45) is 1.73. The van der Waals surface area contributed by atoms with Gasteiger partial charge in [-0.25, -0.2) is 0 Å². The van der Waals surface area contributed by atoms with Crippen molar-refractivity contribution in [1.82, 2.24) is 9.97 Å². The molecule has 0 radical (unpaired) electrons. The summed E-state index contributed by atoms with van der Waals surface area (Å²) >= 11 is 0. The number of hydrogen-bond acceptors (Lipinski definition) is 2. The lowest BCUT2D eigenvalue weighted by Gasteiger charge is -1.92. The van der Waals surface area contributed by atoms with Crippen molar-refractivity contribution in [2.24, 2.45) is 0 Å². The molecule has 5 nitrogen and oxygen atoms in total. The van der Waals surface area contributed by atoms with Gasteiger partial charge < -0.3 is 9.97 Å². The molecule has 3 N–H and O–H groups in total. The fourth-order valence-electron chi connectivity index (χ4n) is 1.18. The van der Waals surface area contributed by atoms with Crippen molar-refractivity contribution in [3.8, 4) is 11.4 Å². The van der Waals surface area contributed by atoms with E-state index < -0.39 is 10.1 Å². The van der Waals surface area contributed by atoms with Crippen LogP contribution in [0.25, 0.3) is 11.4 Å². The number of H-pyrrole nitrogens is 2. The predicted molar refractivity (Wildman–Crippen MR) is 50.4 cm³/mol. The zero-order chi connectivity index (χ0) is 10.2. The minimum atomic E-state index is -4.14. The molecule has 0 saturated carbocycles. The van der Waals surface area contributed by atoms with Crippen LogP contribution in [0.4, 0.5) is 0 Å². The van der Waals surface area contributed by atoms with Gasteiger partial charge in [0.2, 0.25) is 0 Å². The first kappa shape index (κ1) is 9.04. The van der Waals surface area contributed by atoms with E-state index >= 15 is 0 Å². The lowest BCUT2D eigenvalue weighted by Crippen LogP contribution is -1.97. The van der Waals surface area contributed by atoms with Crippen molar-refractivity contribution < 1.29 is 13.0 Å². The Labute approximate surface area is 80.5 Å². The van der Waals surface area contributed by atoms with E-state index in [4.69, 9.17) is 4.55 Å². The maximum Gasteiger partial charge on any atom is 0.310 e. The van der Waals surface area contributed by atoms with Crippen LogP contribution in [0.1, 0.15) is 0 Å². The summed E-state index contributed by atoms with van der Waals surface area (Å²) in [5, 5.41) is -0.206. The highest BCUT2D eigenvalue weighted by atomic mass is 32.2. The van der Waals surface area contributed by atoms with Crippen LogP contribution in [0, 0.1) is 0 Å². The van der Waals surface area contributed by atoms with E-state index in [0.717, 1.165) is 5.69 Å². The van der Waals surface area contributed by atoms with Crippen LogP contribution >= 0.6 is 0 Å². The topological polar surface area (TPSA) is 85.9 Å². The molecular weight excluding hydrogens is 204 g/mol. The van der Waals surface area contributed by atoms with E-state index in [1.165, 1.54) is 6.07 Å². The molecule has 6 heteroatoms. The van der Waals surface area contributed by atoms with Gasteiger partial charge >= 0.3 is 10.1 Å². The first-order valence-electron chi connectivity index (χ1n) is 3.87. The first-order valence-corrected chi connectivity index (χ1v) is 5.31. The Morgan fingerprint density at radius 3 is 2.43 bits per heavy atom. The van der Waals surface area contributed by atoms with Crippen molar-refractivity contribution in [1.29, 1.82) is 0 Å². The summed E-state index contributed by atoms with van der Waals surface area (Å²) in [4.78, 5) is 5.50. The average molecular weight is 212 g/mol. The molecule has 14 heavy (non-hydrogen) atoms. The standard InChI is InChI=1S/C8H8N2O3S/c11-14(12,13)8-4-3-7(10-8)6-2-1-5-9-6/h1-5,9-10H,(H,11,12,13). The quantitative estimate of drug-likeness (QED) is 0.655. The summed E-state index contributed by atoms with van der Waals surface area (Å²) in [6.45, 7) is 0. The Balaban J connectivity index is 2.46. The van der Waals surface area contributed by atoms with E-state index in [0.29, 0.717) is 5.69 Å². The third kappa shape index (κ3) is 1.57. The Hall–Kier alpha value is -1.53. The van der Waals surface area contributed by atoms with E-state index in [-0.39, 0.29) is 5.03 Å². The van der Waals surface area contributed by atoms with E-state index in [2.05, 4.69) is 9.97 Å². The first-order chi connectivity index (χ1) is 6.57. The Morgan fingerprint density at radius 1 is 1.14 bits per heavy atom. The molecule has 0 amide bonds. The van der Waals surface area contributed by atoms with E-state index in [9.17, 15) is 8.42 Å². The Morgan fingerprint density at radius 2 is 1.93 bits per heavy atom. The minimum absolute atomic E-state index is 0.206. The molecule has 0 spiro atoms. The van der Waals surface area contributed by atoms with E-state index in [1.807, 2.05) is 0 Å². The third-order valence-corrected chi connectivity index (χ3v) is 2.62. The largest absolute Gasteiger partial charge is 0.360 e. The molecule has 0 saturated heterocycles. The fourth-order valence-corrected chi connectivity index (χ4v) is 1.66. The van der Waals surface area contributed by atoms with Gasteiger partial charge in [-0.05, 0) is 24.3 Å². The second-order valence-electron chi connectivity index (χ2n) is 2.80. The van der Waals surface area contributed by atoms with Crippen LogP contribution in [0.5, 0.6) is 0 Å². The molecule has 2 aromatic rings. The van der Waals surface area contributed by atoms with Crippen LogP contribution in [0.2, 0.25) is 0 Å². The summed E-state index contributed by atoms with van der Waals surface area (Å²) in [7, 11) is -4.14. The molecule has 0 atom stereocenters.